The molecule has 104 valence electrons. The van der Waals surface area contributed by atoms with Crippen LogP contribution in [0, 0.1) is 5.92 Å². The third-order valence-corrected chi connectivity index (χ3v) is 4.49. The molecule has 0 aromatic heterocycles. The zero-order valence-electron chi connectivity index (χ0n) is 9.73. The summed E-state index contributed by atoms with van der Waals surface area (Å²) in [6, 6.07) is 2.40. The quantitative estimate of drug-likeness (QED) is 0.860. The van der Waals surface area contributed by atoms with Crippen LogP contribution in [0.25, 0.3) is 0 Å². The normalized spacial score (nSPS) is 15.3. The molecule has 0 amide bonds. The number of carbonyl (C=O) groups excluding carboxylic acids is 1. The van der Waals surface area contributed by atoms with Gasteiger partial charge >= 0.3 is 5.97 Å². The topological polar surface area (TPSA) is 86.5 Å². The van der Waals surface area contributed by atoms with Crippen LogP contribution in [0.3, 0.4) is 0 Å². The fourth-order valence-electron chi connectivity index (χ4n) is 1.49. The minimum atomic E-state index is -4.02. The summed E-state index contributed by atoms with van der Waals surface area (Å²) in [5, 5.41) is 4.72. The summed E-state index contributed by atoms with van der Waals surface area (Å²) in [6.45, 7) is 0.283. The summed E-state index contributed by atoms with van der Waals surface area (Å²) in [6.07, 6.45) is 2.04. The van der Waals surface area contributed by atoms with Gasteiger partial charge in [0.25, 0.3) is 0 Å². The first-order valence-electron chi connectivity index (χ1n) is 5.48. The summed E-state index contributed by atoms with van der Waals surface area (Å²) in [4.78, 5) is 11.5. The van der Waals surface area contributed by atoms with Gasteiger partial charge in [-0.25, -0.2) is 18.4 Å². The number of hydrogen-bond acceptors (Lipinski definition) is 4. The second kappa shape index (κ2) is 5.28. The Morgan fingerprint density at radius 3 is 2.53 bits per heavy atom. The van der Waals surface area contributed by atoms with E-state index >= 15 is 0 Å². The monoisotopic (exact) mass is 323 g/mol. The first-order valence-corrected chi connectivity index (χ1v) is 7.79. The van der Waals surface area contributed by atoms with Crippen LogP contribution >= 0.6 is 23.2 Å². The van der Waals surface area contributed by atoms with Crippen molar-refractivity contribution in [3.63, 3.8) is 0 Å². The van der Waals surface area contributed by atoms with E-state index in [1.165, 1.54) is 6.07 Å². The van der Waals surface area contributed by atoms with Gasteiger partial charge in [0.15, 0.2) is 0 Å². The number of nitrogens with two attached hydrogens (primary N) is 1. The predicted octanol–water partition coefficient (Wildman–Crippen LogP) is 2.21. The largest absolute Gasteiger partial charge is 0.462 e. The first-order chi connectivity index (χ1) is 8.80. The first kappa shape index (κ1) is 14.6. The van der Waals surface area contributed by atoms with Crippen LogP contribution in [0.5, 0.6) is 0 Å². The van der Waals surface area contributed by atoms with Crippen molar-refractivity contribution in [2.24, 2.45) is 11.1 Å². The van der Waals surface area contributed by atoms with Gasteiger partial charge in [-0.15, -0.1) is 0 Å². The van der Waals surface area contributed by atoms with Gasteiger partial charge in [0.1, 0.15) is 4.90 Å². The molecule has 2 rings (SSSR count). The Morgan fingerprint density at radius 2 is 2.00 bits per heavy atom. The fourth-order valence-corrected chi connectivity index (χ4v) is 2.95. The zero-order valence-corrected chi connectivity index (χ0v) is 12.1. The highest BCUT2D eigenvalue weighted by Gasteiger charge is 2.27. The molecular formula is C11H11Cl2NO4S. The molecule has 0 radical (unpaired) electrons. The van der Waals surface area contributed by atoms with Crippen molar-refractivity contribution in [2.75, 3.05) is 6.61 Å². The summed E-state index contributed by atoms with van der Waals surface area (Å²) in [5.74, 6) is -0.365. The van der Waals surface area contributed by atoms with Crippen LogP contribution in [-0.2, 0) is 14.8 Å². The number of halogens is 2. The Bertz CT molecular complexity index is 626. The third kappa shape index (κ3) is 3.39. The van der Waals surface area contributed by atoms with E-state index in [0.29, 0.717) is 5.92 Å². The molecule has 5 nitrogen and oxygen atoms in total. The highest BCUT2D eigenvalue weighted by atomic mass is 35.5. The number of carbonyl (C=O) groups is 1. The van der Waals surface area contributed by atoms with Crippen molar-refractivity contribution < 1.29 is 17.9 Å². The Hall–Kier alpha value is -0.820. The predicted molar refractivity (Wildman–Crippen MR) is 70.8 cm³/mol. The number of benzene rings is 1. The molecule has 0 bridgehead atoms. The molecule has 1 fully saturated rings. The van der Waals surface area contributed by atoms with Crippen molar-refractivity contribution in [3.05, 3.63) is 27.7 Å². The van der Waals surface area contributed by atoms with Crippen molar-refractivity contribution in [3.8, 4) is 0 Å². The van der Waals surface area contributed by atoms with Gasteiger partial charge in [0, 0.05) is 0 Å². The molecule has 2 N–H and O–H groups in total. The highest BCUT2D eigenvalue weighted by Crippen LogP contribution is 2.33. The Labute approximate surface area is 120 Å². The number of sulfonamides is 1. The number of rotatable bonds is 4. The Balaban J connectivity index is 2.34. The number of hydrogen-bond donors (Lipinski definition) is 1. The molecule has 0 unspecified atom stereocenters. The molecule has 0 saturated heterocycles. The molecule has 8 heteroatoms. The van der Waals surface area contributed by atoms with E-state index in [2.05, 4.69) is 0 Å². The van der Waals surface area contributed by atoms with Crippen LogP contribution in [-0.4, -0.2) is 21.0 Å². The van der Waals surface area contributed by atoms with Crippen molar-refractivity contribution in [2.45, 2.75) is 17.7 Å². The van der Waals surface area contributed by atoms with E-state index in [1.54, 1.807) is 0 Å². The smallest absolute Gasteiger partial charge is 0.341 e. The van der Waals surface area contributed by atoms with E-state index in [0.717, 1.165) is 18.9 Å². The molecule has 19 heavy (non-hydrogen) atoms. The van der Waals surface area contributed by atoms with Crippen LogP contribution < -0.4 is 5.14 Å². The van der Waals surface area contributed by atoms with Gasteiger partial charge in [-0.1, -0.05) is 23.2 Å². The van der Waals surface area contributed by atoms with Gasteiger partial charge in [0.2, 0.25) is 10.0 Å². The lowest BCUT2D eigenvalue weighted by molar-refractivity contribution is 0.0486. The standard InChI is InChI=1S/C11H11Cl2NO4S/c12-7-3-4-8(19(14,16)17)10(13)9(7)11(15)18-5-6-1-2-6/h3-4,6H,1-2,5H2,(H2,14,16,17). The Morgan fingerprint density at radius 1 is 1.37 bits per heavy atom. The number of primary sulfonamides is 1. The number of ether oxygens (including phenoxy) is 1. The van der Waals surface area contributed by atoms with Crippen LogP contribution in [0.4, 0.5) is 0 Å². The van der Waals surface area contributed by atoms with E-state index in [4.69, 9.17) is 33.1 Å². The van der Waals surface area contributed by atoms with Crippen LogP contribution in [0.1, 0.15) is 23.2 Å². The van der Waals surface area contributed by atoms with Gasteiger partial charge in [-0.3, -0.25) is 0 Å². The van der Waals surface area contributed by atoms with E-state index in [9.17, 15) is 13.2 Å². The molecular weight excluding hydrogens is 313 g/mol. The molecule has 0 spiro atoms. The zero-order chi connectivity index (χ0) is 14.2. The van der Waals surface area contributed by atoms with Crippen molar-refractivity contribution in [1.29, 1.82) is 0 Å². The van der Waals surface area contributed by atoms with Crippen LogP contribution in [0.15, 0.2) is 17.0 Å². The van der Waals surface area contributed by atoms with Crippen LogP contribution in [0.2, 0.25) is 10.0 Å². The Kier molecular flexibility index (Phi) is 4.06. The maximum absolute atomic E-state index is 11.9. The molecule has 0 heterocycles. The highest BCUT2D eigenvalue weighted by molar-refractivity contribution is 7.89. The minimum absolute atomic E-state index is 0.0261. The SMILES string of the molecule is NS(=O)(=O)c1ccc(Cl)c(C(=O)OCC2CC2)c1Cl. The molecule has 1 aliphatic rings. The molecule has 0 atom stereocenters. The molecule has 1 aromatic rings. The van der Waals surface area contributed by atoms with E-state index in [-0.39, 0.29) is 27.1 Å². The molecule has 0 aliphatic heterocycles. The van der Waals surface area contributed by atoms with Gasteiger partial charge < -0.3 is 4.74 Å². The van der Waals surface area contributed by atoms with E-state index < -0.39 is 16.0 Å². The van der Waals surface area contributed by atoms with Gasteiger partial charge in [-0.05, 0) is 30.9 Å². The molecule has 1 saturated carbocycles. The third-order valence-electron chi connectivity index (χ3n) is 2.71. The second-order valence-corrected chi connectivity index (χ2v) is 6.64. The van der Waals surface area contributed by atoms with Crippen molar-refractivity contribution >= 4 is 39.2 Å². The second-order valence-electron chi connectivity index (χ2n) is 4.32. The maximum Gasteiger partial charge on any atom is 0.341 e. The van der Waals surface area contributed by atoms with Gasteiger partial charge in [-0.2, -0.15) is 0 Å². The average molecular weight is 324 g/mol. The average Bonchev–Trinajstić information content (AvgIpc) is 3.08. The van der Waals surface area contributed by atoms with Gasteiger partial charge in [0.05, 0.1) is 22.2 Å². The van der Waals surface area contributed by atoms with E-state index in [1.807, 2.05) is 0 Å². The lowest BCUT2D eigenvalue weighted by Crippen LogP contribution is -2.15. The summed E-state index contributed by atoms with van der Waals surface area (Å²) < 4.78 is 27.7. The lowest BCUT2D eigenvalue weighted by Gasteiger charge is -2.10. The fraction of sp³-hybridized carbons (Fsp3) is 0.364. The summed E-state index contributed by atoms with van der Waals surface area (Å²) in [7, 11) is -4.02. The lowest BCUT2D eigenvalue weighted by atomic mass is 10.2. The molecule has 1 aromatic carbocycles. The van der Waals surface area contributed by atoms with Crippen molar-refractivity contribution in [1.82, 2.24) is 0 Å². The number of esters is 1. The molecule has 1 aliphatic carbocycles. The summed E-state index contributed by atoms with van der Waals surface area (Å²) in [5.41, 5.74) is -0.171. The summed E-state index contributed by atoms with van der Waals surface area (Å²) >= 11 is 11.7. The minimum Gasteiger partial charge on any atom is -0.462 e. The maximum atomic E-state index is 11.9.